The van der Waals surface area contributed by atoms with Gasteiger partial charge in [0.15, 0.2) is 5.82 Å². The molecule has 3 aromatic rings. The van der Waals surface area contributed by atoms with Gasteiger partial charge in [-0.3, -0.25) is 4.98 Å². The molecular weight excluding hydrogens is 382 g/mol. The van der Waals surface area contributed by atoms with E-state index >= 15 is 0 Å². The van der Waals surface area contributed by atoms with E-state index in [-0.39, 0.29) is 5.41 Å². The topological polar surface area (TPSA) is 46.8 Å². The zero-order valence-electron chi connectivity index (χ0n) is 18.5. The Morgan fingerprint density at radius 2 is 1.81 bits per heavy atom. The van der Waals surface area contributed by atoms with Gasteiger partial charge in [0.05, 0.1) is 0 Å². The predicted molar refractivity (Wildman–Crippen MR) is 125 cm³/mol. The smallest absolute Gasteiger partial charge is 0.164 e. The van der Waals surface area contributed by atoms with E-state index in [4.69, 9.17) is 0 Å². The summed E-state index contributed by atoms with van der Waals surface area (Å²) in [5, 5.41) is 8.63. The fourth-order valence-electron chi connectivity index (χ4n) is 4.20. The molecule has 5 heteroatoms. The molecule has 0 saturated heterocycles. The van der Waals surface area contributed by atoms with Crippen molar-refractivity contribution >= 4 is 11.3 Å². The first-order valence-corrected chi connectivity index (χ1v) is 11.1. The first-order chi connectivity index (χ1) is 15.0. The van der Waals surface area contributed by atoms with Gasteiger partial charge >= 0.3 is 0 Å². The van der Waals surface area contributed by atoms with E-state index in [2.05, 4.69) is 94.0 Å². The zero-order valence-corrected chi connectivity index (χ0v) is 18.5. The summed E-state index contributed by atoms with van der Waals surface area (Å²) in [6.07, 6.45) is 13.6. The van der Waals surface area contributed by atoms with Gasteiger partial charge in [0.25, 0.3) is 0 Å². The molecule has 31 heavy (non-hydrogen) atoms. The maximum absolute atomic E-state index is 4.44. The molecule has 0 radical (unpaired) electrons. The van der Waals surface area contributed by atoms with Crippen molar-refractivity contribution in [1.82, 2.24) is 19.7 Å². The van der Waals surface area contributed by atoms with E-state index < -0.39 is 0 Å². The average molecular weight is 412 g/mol. The second-order valence-corrected chi connectivity index (χ2v) is 9.75. The van der Waals surface area contributed by atoms with E-state index in [0.29, 0.717) is 6.04 Å². The normalized spacial score (nSPS) is 16.8. The molecule has 0 unspecified atom stereocenters. The molecule has 1 aliphatic carbocycles. The summed E-state index contributed by atoms with van der Waals surface area (Å²) in [7, 11) is 0. The van der Waals surface area contributed by atoms with Crippen LogP contribution in [0.15, 0.2) is 73.0 Å². The van der Waals surface area contributed by atoms with Crippen LogP contribution in [-0.4, -0.2) is 26.3 Å². The van der Waals surface area contributed by atoms with Gasteiger partial charge in [0.1, 0.15) is 6.33 Å². The molecule has 5 rings (SSSR count). The lowest BCUT2D eigenvalue weighted by atomic mass is 9.88. The average Bonchev–Trinajstić information content (AvgIpc) is 3.50. The van der Waals surface area contributed by atoms with E-state index in [0.717, 1.165) is 24.4 Å². The minimum atomic E-state index is 0.204. The van der Waals surface area contributed by atoms with E-state index in [1.54, 1.807) is 0 Å². The van der Waals surface area contributed by atoms with Gasteiger partial charge in [0.2, 0.25) is 0 Å². The fraction of sp³-hybridized carbons (Fsp3) is 0.346. The van der Waals surface area contributed by atoms with Gasteiger partial charge in [-0.25, -0.2) is 0 Å². The number of anilines is 1. The van der Waals surface area contributed by atoms with Gasteiger partial charge < -0.3 is 9.47 Å². The summed E-state index contributed by atoms with van der Waals surface area (Å²) < 4.78 is 2.23. The van der Waals surface area contributed by atoms with Crippen LogP contribution in [0, 0.1) is 5.41 Å². The van der Waals surface area contributed by atoms with E-state index in [9.17, 15) is 0 Å². The molecule has 2 aromatic heterocycles. The molecule has 0 N–H and O–H groups in total. The second kappa shape index (κ2) is 7.80. The molecule has 0 atom stereocenters. The standard InChI is InChI=1S/C26H29N5/c1-26(2,3)16-24-8-7-21(19-11-13-27-14-12-19)17-30(24)23-6-4-5-20(15-23)25-29-28-18-31(25)22-9-10-22/h4-8,11-15,18,22H,9-10,16-17H2,1-3H3. The minimum absolute atomic E-state index is 0.204. The molecule has 2 aliphatic rings. The molecular formula is C26H29N5. The zero-order chi connectivity index (χ0) is 21.4. The summed E-state index contributed by atoms with van der Waals surface area (Å²) >= 11 is 0. The molecule has 1 saturated carbocycles. The Morgan fingerprint density at radius 3 is 2.55 bits per heavy atom. The number of benzene rings is 1. The van der Waals surface area contributed by atoms with Crippen LogP contribution >= 0.6 is 0 Å². The highest BCUT2D eigenvalue weighted by Gasteiger charge is 2.27. The second-order valence-electron chi connectivity index (χ2n) is 9.75. The van der Waals surface area contributed by atoms with E-state index in [1.165, 1.54) is 35.4 Å². The van der Waals surface area contributed by atoms with Crippen LogP contribution in [0.4, 0.5) is 5.69 Å². The molecule has 5 nitrogen and oxygen atoms in total. The molecule has 0 bridgehead atoms. The summed E-state index contributed by atoms with van der Waals surface area (Å²) in [5.74, 6) is 0.965. The minimum Gasteiger partial charge on any atom is -0.341 e. The fourth-order valence-corrected chi connectivity index (χ4v) is 4.20. The van der Waals surface area contributed by atoms with Crippen LogP contribution < -0.4 is 4.90 Å². The largest absolute Gasteiger partial charge is 0.341 e. The van der Waals surface area contributed by atoms with Gasteiger partial charge in [-0.2, -0.15) is 0 Å². The van der Waals surface area contributed by atoms with Crippen LogP contribution in [-0.2, 0) is 0 Å². The van der Waals surface area contributed by atoms with Crippen LogP contribution in [0.3, 0.4) is 0 Å². The number of hydrogen-bond acceptors (Lipinski definition) is 4. The number of rotatable bonds is 5. The summed E-state index contributed by atoms with van der Waals surface area (Å²) in [6.45, 7) is 7.72. The highest BCUT2D eigenvalue weighted by atomic mass is 15.3. The molecule has 158 valence electrons. The monoisotopic (exact) mass is 411 g/mol. The third-order valence-corrected chi connectivity index (χ3v) is 5.84. The number of pyridine rings is 1. The highest BCUT2D eigenvalue weighted by molar-refractivity contribution is 5.76. The van der Waals surface area contributed by atoms with Crippen LogP contribution in [0.1, 0.15) is 51.6 Å². The van der Waals surface area contributed by atoms with Gasteiger partial charge in [-0.05, 0) is 66.2 Å². The highest BCUT2D eigenvalue weighted by Crippen LogP contribution is 2.39. The maximum atomic E-state index is 4.44. The lowest BCUT2D eigenvalue weighted by Crippen LogP contribution is -2.29. The third-order valence-electron chi connectivity index (χ3n) is 5.84. The van der Waals surface area contributed by atoms with Crippen molar-refractivity contribution < 1.29 is 0 Å². The molecule has 1 aromatic carbocycles. The number of aromatic nitrogens is 4. The van der Waals surface area contributed by atoms with Crippen LogP contribution in [0.25, 0.3) is 17.0 Å². The molecule has 3 heterocycles. The number of nitrogens with zero attached hydrogens (tertiary/aromatic N) is 5. The Kier molecular flexibility index (Phi) is 4.97. The maximum Gasteiger partial charge on any atom is 0.164 e. The quantitative estimate of drug-likeness (QED) is 0.524. The number of hydrogen-bond donors (Lipinski definition) is 0. The van der Waals surface area contributed by atoms with E-state index in [1.807, 2.05) is 18.7 Å². The van der Waals surface area contributed by atoms with Crippen molar-refractivity contribution in [3.63, 3.8) is 0 Å². The lowest BCUT2D eigenvalue weighted by Gasteiger charge is -2.35. The van der Waals surface area contributed by atoms with Crippen molar-refractivity contribution in [2.24, 2.45) is 5.41 Å². The van der Waals surface area contributed by atoms with Crippen LogP contribution in [0.2, 0.25) is 0 Å². The van der Waals surface area contributed by atoms with Gasteiger partial charge in [0, 0.05) is 41.9 Å². The van der Waals surface area contributed by atoms with Gasteiger partial charge in [-0.1, -0.05) is 39.0 Å². The Morgan fingerprint density at radius 1 is 1.00 bits per heavy atom. The summed E-state index contributed by atoms with van der Waals surface area (Å²) in [6, 6.07) is 13.5. The lowest BCUT2D eigenvalue weighted by molar-refractivity contribution is 0.405. The SMILES string of the molecule is CC(C)(C)CC1=CC=C(c2ccncc2)CN1c1cccc(-c2nncn2C2CC2)c1. The number of allylic oxidation sites excluding steroid dienone is 3. The Bertz CT molecular complexity index is 1130. The Hall–Kier alpha value is -3.21. The van der Waals surface area contributed by atoms with Crippen molar-refractivity contribution in [3.8, 4) is 11.4 Å². The van der Waals surface area contributed by atoms with Crippen LogP contribution in [0.5, 0.6) is 0 Å². The molecule has 0 spiro atoms. The summed E-state index contributed by atoms with van der Waals surface area (Å²) in [5.41, 5.74) is 6.37. The third kappa shape index (κ3) is 4.31. The van der Waals surface area contributed by atoms with Gasteiger partial charge in [-0.15, -0.1) is 10.2 Å². The molecule has 0 amide bonds. The predicted octanol–water partition coefficient (Wildman–Crippen LogP) is 5.90. The van der Waals surface area contributed by atoms with Crippen molar-refractivity contribution in [2.75, 3.05) is 11.4 Å². The summed E-state index contributed by atoms with van der Waals surface area (Å²) in [4.78, 5) is 6.62. The Labute approximate surface area is 184 Å². The van der Waals surface area contributed by atoms with Crippen molar-refractivity contribution in [3.05, 3.63) is 78.5 Å². The van der Waals surface area contributed by atoms with Crippen molar-refractivity contribution in [1.29, 1.82) is 0 Å². The Balaban J connectivity index is 1.52. The first-order valence-electron chi connectivity index (χ1n) is 11.1. The van der Waals surface area contributed by atoms with Crippen molar-refractivity contribution in [2.45, 2.75) is 46.1 Å². The molecule has 1 fully saturated rings. The molecule has 1 aliphatic heterocycles. The first kappa shape index (κ1) is 19.7.